The normalized spacial score (nSPS) is 15.9. The number of nitrogens with zero attached hydrogens (tertiary/aromatic N) is 3. The molecule has 0 bridgehead atoms. The fourth-order valence-corrected chi connectivity index (χ4v) is 6.98. The fourth-order valence-electron chi connectivity index (χ4n) is 6.98. The molecular weight excluding hydrogens is 564 g/mol. The molecule has 1 atom stereocenters. The van der Waals surface area contributed by atoms with Crippen molar-refractivity contribution in [3.8, 4) is 0 Å². The first-order valence-corrected chi connectivity index (χ1v) is 15.9. The zero-order valence-corrected chi connectivity index (χ0v) is 26.3. The largest absolute Gasteiger partial charge is 0.314 e. The van der Waals surface area contributed by atoms with Crippen molar-refractivity contribution in [3.05, 3.63) is 95.1 Å². The van der Waals surface area contributed by atoms with Crippen LogP contribution in [0.5, 0.6) is 0 Å². The van der Waals surface area contributed by atoms with Gasteiger partial charge in [0, 0.05) is 72.3 Å². The molecule has 6 rings (SSSR count). The molecule has 4 amide bonds. The van der Waals surface area contributed by atoms with Crippen LogP contribution in [0.1, 0.15) is 74.5 Å². The van der Waals surface area contributed by atoms with Crippen LogP contribution in [0.25, 0.3) is 21.5 Å². The highest BCUT2D eigenvalue weighted by molar-refractivity contribution is 6.26. The molecule has 2 heterocycles. The Labute approximate surface area is 264 Å². The summed E-state index contributed by atoms with van der Waals surface area (Å²) >= 11 is 0. The summed E-state index contributed by atoms with van der Waals surface area (Å²) in [6.45, 7) is 7.53. The van der Waals surface area contributed by atoms with Crippen molar-refractivity contribution in [2.45, 2.75) is 33.1 Å². The minimum Gasteiger partial charge on any atom is -0.314 e. The fraction of sp³-hybridized carbons (Fsp3) is 0.351. The molecule has 8 nitrogen and oxygen atoms in total. The van der Waals surface area contributed by atoms with E-state index in [-0.39, 0.29) is 35.6 Å². The van der Waals surface area contributed by atoms with Crippen LogP contribution in [-0.4, -0.2) is 84.6 Å². The maximum absolute atomic E-state index is 13.3. The van der Waals surface area contributed by atoms with Gasteiger partial charge in [-0.15, -0.1) is 0 Å². The average molecular weight is 605 g/mol. The molecule has 0 spiro atoms. The van der Waals surface area contributed by atoms with Crippen molar-refractivity contribution in [2.75, 3.05) is 46.3 Å². The SMILES string of the molecule is CCCCC(C)(CNCCN1C(=O)c2cccc3cccc(c23)C1=O)CN(C)CCN1C(=O)c2cccc3cccc(c23)C1=O. The number of hydrogen-bond donors (Lipinski definition) is 1. The van der Waals surface area contributed by atoms with Crippen LogP contribution in [0.15, 0.2) is 72.8 Å². The lowest BCUT2D eigenvalue weighted by atomic mass is 9.84. The number of nitrogens with one attached hydrogen (secondary N) is 1. The number of hydrogen-bond acceptors (Lipinski definition) is 6. The number of imide groups is 2. The van der Waals surface area contributed by atoms with Gasteiger partial charge in [-0.1, -0.05) is 75.2 Å². The average Bonchev–Trinajstić information content (AvgIpc) is 3.04. The van der Waals surface area contributed by atoms with Crippen molar-refractivity contribution >= 4 is 45.2 Å². The van der Waals surface area contributed by atoms with E-state index in [2.05, 4.69) is 24.1 Å². The third kappa shape index (κ3) is 5.76. The van der Waals surface area contributed by atoms with Gasteiger partial charge in [-0.3, -0.25) is 29.0 Å². The maximum Gasteiger partial charge on any atom is 0.261 e. The lowest BCUT2D eigenvalue weighted by Crippen LogP contribution is -2.48. The molecule has 0 aliphatic carbocycles. The molecule has 1 N–H and O–H groups in total. The van der Waals surface area contributed by atoms with Gasteiger partial charge in [-0.05, 0) is 53.9 Å². The van der Waals surface area contributed by atoms with Crippen LogP contribution in [0.3, 0.4) is 0 Å². The molecule has 8 heteroatoms. The summed E-state index contributed by atoms with van der Waals surface area (Å²) in [5.74, 6) is -0.983. The molecule has 0 aromatic heterocycles. The van der Waals surface area contributed by atoms with E-state index in [0.29, 0.717) is 48.4 Å². The second-order valence-electron chi connectivity index (χ2n) is 12.8. The summed E-state index contributed by atoms with van der Waals surface area (Å²) in [7, 11) is 2.03. The zero-order chi connectivity index (χ0) is 31.7. The van der Waals surface area contributed by atoms with Gasteiger partial charge in [-0.25, -0.2) is 0 Å². The smallest absolute Gasteiger partial charge is 0.261 e. The van der Waals surface area contributed by atoms with Gasteiger partial charge in [0.1, 0.15) is 0 Å². The van der Waals surface area contributed by atoms with Gasteiger partial charge in [0.25, 0.3) is 23.6 Å². The van der Waals surface area contributed by atoms with E-state index in [1.165, 1.54) is 9.80 Å². The number of unbranched alkanes of at least 4 members (excludes halogenated alkanes) is 1. The van der Waals surface area contributed by atoms with E-state index >= 15 is 0 Å². The molecule has 0 radical (unpaired) electrons. The van der Waals surface area contributed by atoms with Crippen LogP contribution < -0.4 is 5.32 Å². The Balaban J connectivity index is 1.06. The molecule has 232 valence electrons. The Kier molecular flexibility index (Phi) is 8.53. The number of benzene rings is 4. The maximum atomic E-state index is 13.3. The minimum atomic E-state index is -0.250. The van der Waals surface area contributed by atoms with Gasteiger partial charge in [0.05, 0.1) is 0 Å². The van der Waals surface area contributed by atoms with Crippen molar-refractivity contribution in [2.24, 2.45) is 5.41 Å². The molecule has 2 aliphatic rings. The van der Waals surface area contributed by atoms with E-state index in [1.54, 1.807) is 24.3 Å². The summed E-state index contributed by atoms with van der Waals surface area (Å²) in [5, 5.41) is 6.81. The second-order valence-corrected chi connectivity index (χ2v) is 12.8. The van der Waals surface area contributed by atoms with Crippen LogP contribution >= 0.6 is 0 Å². The molecule has 4 aromatic carbocycles. The van der Waals surface area contributed by atoms with E-state index in [0.717, 1.165) is 47.4 Å². The molecule has 0 fully saturated rings. The summed E-state index contributed by atoms with van der Waals surface area (Å²) in [6.07, 6.45) is 3.14. The number of amides is 4. The van der Waals surface area contributed by atoms with Gasteiger partial charge in [0.15, 0.2) is 0 Å². The highest BCUT2D eigenvalue weighted by Crippen LogP contribution is 2.31. The molecular formula is C37H40N4O4. The number of carbonyl (C=O) groups is 4. The van der Waals surface area contributed by atoms with Crippen LogP contribution in [0.4, 0.5) is 0 Å². The van der Waals surface area contributed by atoms with E-state index < -0.39 is 0 Å². The van der Waals surface area contributed by atoms with E-state index in [9.17, 15) is 19.2 Å². The monoisotopic (exact) mass is 604 g/mol. The summed E-state index contributed by atoms with van der Waals surface area (Å²) in [6, 6.07) is 22.3. The Morgan fingerprint density at radius 2 is 1.13 bits per heavy atom. The highest BCUT2D eigenvalue weighted by atomic mass is 16.2. The van der Waals surface area contributed by atoms with Gasteiger partial charge >= 0.3 is 0 Å². The molecule has 2 aliphatic heterocycles. The molecule has 0 saturated heterocycles. The van der Waals surface area contributed by atoms with Crippen LogP contribution in [0, 0.1) is 5.41 Å². The van der Waals surface area contributed by atoms with Crippen molar-refractivity contribution in [1.29, 1.82) is 0 Å². The van der Waals surface area contributed by atoms with Gasteiger partial charge in [0.2, 0.25) is 0 Å². The third-order valence-electron chi connectivity index (χ3n) is 9.27. The Hall–Kier alpha value is -4.40. The van der Waals surface area contributed by atoms with Crippen molar-refractivity contribution in [3.63, 3.8) is 0 Å². The first-order chi connectivity index (χ1) is 21.7. The minimum absolute atomic E-state index is 0.0903. The molecule has 0 saturated carbocycles. The first-order valence-electron chi connectivity index (χ1n) is 15.9. The Bertz CT molecular complexity index is 1720. The summed E-state index contributed by atoms with van der Waals surface area (Å²) in [4.78, 5) is 58.2. The second kappa shape index (κ2) is 12.5. The molecule has 45 heavy (non-hydrogen) atoms. The van der Waals surface area contributed by atoms with Crippen molar-refractivity contribution in [1.82, 2.24) is 20.0 Å². The lowest BCUT2D eigenvalue weighted by molar-refractivity contribution is 0.0584. The quantitative estimate of drug-likeness (QED) is 0.158. The number of carbonyl (C=O) groups excluding carboxylic acids is 4. The number of likely N-dealkylation sites (N-methyl/N-ethyl adjacent to an activating group) is 1. The van der Waals surface area contributed by atoms with E-state index in [1.807, 2.05) is 55.6 Å². The molecule has 4 aromatic rings. The number of rotatable bonds is 13. The predicted molar refractivity (Wildman–Crippen MR) is 177 cm³/mol. The topological polar surface area (TPSA) is 90.0 Å². The first kappa shape index (κ1) is 30.6. The lowest BCUT2D eigenvalue weighted by Gasteiger charge is -2.36. The Morgan fingerprint density at radius 1 is 0.689 bits per heavy atom. The van der Waals surface area contributed by atoms with Crippen molar-refractivity contribution < 1.29 is 19.2 Å². The standard InChI is InChI=1S/C37H40N4O4/c1-4-5-18-37(2,23-38-19-20-40-33(42)27-14-6-10-25-11-7-15-28(31(25)27)34(40)43)24-39(3)21-22-41-35(44)29-16-8-12-26-13-9-17-30(32(26)29)36(41)45/h6-17,38H,4-5,18-24H2,1-3H3. The zero-order valence-electron chi connectivity index (χ0n) is 26.3. The van der Waals surface area contributed by atoms with Gasteiger partial charge in [-0.2, -0.15) is 0 Å². The van der Waals surface area contributed by atoms with Crippen LogP contribution in [0.2, 0.25) is 0 Å². The van der Waals surface area contributed by atoms with Gasteiger partial charge < -0.3 is 10.2 Å². The molecule has 1 unspecified atom stereocenters. The summed E-state index contributed by atoms with van der Waals surface area (Å²) < 4.78 is 0. The predicted octanol–water partition coefficient (Wildman–Crippen LogP) is 5.60. The highest BCUT2D eigenvalue weighted by Gasteiger charge is 2.34. The third-order valence-corrected chi connectivity index (χ3v) is 9.27. The van der Waals surface area contributed by atoms with Crippen LogP contribution in [-0.2, 0) is 0 Å². The Morgan fingerprint density at radius 3 is 1.58 bits per heavy atom. The van der Waals surface area contributed by atoms with E-state index in [4.69, 9.17) is 0 Å². The summed E-state index contributed by atoms with van der Waals surface area (Å²) in [5.41, 5.74) is 2.21.